The quantitative estimate of drug-likeness (QED) is 0.0100. The number of esters is 4. The van der Waals surface area contributed by atoms with E-state index in [-0.39, 0.29) is 164 Å². The fourth-order valence-corrected chi connectivity index (χ4v) is 15.3. The summed E-state index contributed by atoms with van der Waals surface area (Å²) < 4.78 is 10.3. The zero-order chi connectivity index (χ0) is 105. The van der Waals surface area contributed by atoms with Gasteiger partial charge in [-0.2, -0.15) is 11.8 Å². The van der Waals surface area contributed by atoms with E-state index in [1.165, 1.54) is 24.3 Å². The summed E-state index contributed by atoms with van der Waals surface area (Å²) in [6.45, 7) is 12.7. The number of ether oxygens (including phenoxy) is 2. The Balaban J connectivity index is 1.42. The zero-order valence-corrected chi connectivity index (χ0v) is 83.2. The molecule has 0 saturated heterocycles. The summed E-state index contributed by atoms with van der Waals surface area (Å²) in [5, 5.41) is 55.3. The highest BCUT2D eigenvalue weighted by Crippen LogP contribution is 2.22. The molecular formula is C94H148N26O21S. The SMILES string of the molecule is CCC(C)CC(=O)NC(CCC(N)=O)C(=O)NC(Cc1ccccc1)C(=O)NC(CCSC)C(=O)NC(CC1C=NC=N1)C(=O)NC(CC(N)=O)C(=O)NC(CC(C)C)C(=O)NCC(=O)NC(CCCCN)C(=O)OC(=O)CCCC(=O)NC(CCCNC(=N)N)C(=O)OC(=O)CCCC(=O)NC(Cc1c[nH]c2ccccc12)C(=O)NC(CC(C)C)C(=O)NC(CCCNC(=N)N)C(=O)NC(C)CCCCN. The monoisotopic (exact) mass is 2010 g/mol. The molecule has 15 amide bonds. The first-order valence-corrected chi connectivity index (χ1v) is 49.5. The van der Waals surface area contributed by atoms with E-state index in [0.717, 1.165) is 23.7 Å². The number of para-hydroxylation sites is 1. The minimum absolute atomic E-state index is 0.0345. The number of hydrogen-bond acceptors (Lipinski definition) is 28. The standard InChI is InChI=1S/C94H148N26O21S/c1-9-56(6)45-78(125)110-64(35-36-74(97)121)84(131)118-70(46-58-24-11-10-12-25-58)87(134)115-65(37-42-142-8)85(132)119-72(48-60-51-103-53-108-60)89(136)120-73(49-75(98)122)90(137)116-68(43-54(2)3)82(129)107-52-79(126)112-66(28-16-18-39-96)91(138)140-80(127)33-19-31-76(123)111-67(30-22-41-105-94(101)102)92(139)141-81(128)34-20-32-77(124)113-71(47-59-50-106-62-27-14-13-26-61(59)62)88(135)117-69(44-55(4)5)86(133)114-63(29-21-40-104-93(99)100)83(130)109-57(7)23-15-17-38-95/h10-14,24-27,50-51,53-57,60,63-73,106H,9,15-23,28-49,52,95-96H2,1-8H3,(H2,97,121)(H2,98,122)(H,107,129)(H,109,130)(H,110,125)(H,111,123)(H,112,126)(H,113,124)(H,114,133)(H,115,134)(H,116,137)(H,117,135)(H,118,131)(H,119,132)(H,120,136)(H4,99,100,104)(H4,101,102,105). The predicted octanol–water partition coefficient (Wildman–Crippen LogP) is -1.53. The molecule has 3 aromatic rings. The van der Waals surface area contributed by atoms with Crippen molar-refractivity contribution in [2.45, 2.75) is 300 Å². The lowest BCUT2D eigenvalue weighted by Gasteiger charge is -2.28. The first-order chi connectivity index (χ1) is 67.5. The van der Waals surface area contributed by atoms with Crippen LogP contribution >= 0.6 is 11.8 Å². The molecule has 48 heteroatoms. The number of H-pyrrole nitrogens is 1. The lowest BCUT2D eigenvalue weighted by Crippen LogP contribution is -2.60. The van der Waals surface area contributed by atoms with Crippen LogP contribution in [0.1, 0.15) is 220 Å². The molecule has 14 atom stereocenters. The van der Waals surface area contributed by atoms with E-state index < -0.39 is 223 Å². The van der Waals surface area contributed by atoms with Crippen molar-refractivity contribution in [3.8, 4) is 0 Å². The van der Waals surface area contributed by atoms with Crippen LogP contribution in [0.2, 0.25) is 0 Å². The number of nitrogens with one attached hydrogen (secondary N) is 18. The Morgan fingerprint density at radius 1 is 0.430 bits per heavy atom. The van der Waals surface area contributed by atoms with Crippen LogP contribution in [0.4, 0.5) is 0 Å². The van der Waals surface area contributed by atoms with E-state index in [9.17, 15) is 91.1 Å². The van der Waals surface area contributed by atoms with E-state index >= 15 is 0 Å². The van der Waals surface area contributed by atoms with Crippen LogP contribution in [0.25, 0.3) is 10.9 Å². The number of carbonyl (C=O) groups is 19. The molecule has 0 radical (unpaired) electrons. The molecule has 30 N–H and O–H groups in total. The second-order valence-corrected chi connectivity index (χ2v) is 36.9. The molecule has 1 aromatic heterocycles. The van der Waals surface area contributed by atoms with Gasteiger partial charge < -0.3 is 129 Å². The number of thioether (sulfide) groups is 1. The van der Waals surface area contributed by atoms with Gasteiger partial charge in [0.15, 0.2) is 11.9 Å². The minimum Gasteiger partial charge on any atom is -0.392 e. The summed E-state index contributed by atoms with van der Waals surface area (Å²) >= 11 is 1.31. The topological polar surface area (TPSA) is 768 Å². The number of guanidine groups is 2. The Kier molecular flexibility index (Phi) is 56.3. The van der Waals surface area contributed by atoms with Crippen molar-refractivity contribution in [2.24, 2.45) is 62.1 Å². The highest BCUT2D eigenvalue weighted by molar-refractivity contribution is 7.98. The molecule has 47 nitrogen and oxygen atoms in total. The predicted molar refractivity (Wildman–Crippen MR) is 532 cm³/mol. The van der Waals surface area contributed by atoms with Gasteiger partial charge in [0.25, 0.3) is 0 Å². The molecule has 4 rings (SSSR count). The lowest BCUT2D eigenvalue weighted by molar-refractivity contribution is -0.163. The molecule has 786 valence electrons. The Labute approximate surface area is 830 Å². The van der Waals surface area contributed by atoms with Gasteiger partial charge in [0.1, 0.15) is 72.8 Å². The number of primary amides is 2. The summed E-state index contributed by atoms with van der Waals surface area (Å²) in [6, 6.07) is -0.920. The smallest absolute Gasteiger partial charge is 0.336 e. The van der Waals surface area contributed by atoms with Gasteiger partial charge in [-0.3, -0.25) is 97.3 Å². The lowest BCUT2D eigenvalue weighted by atomic mass is 10.00. The van der Waals surface area contributed by atoms with Gasteiger partial charge in [0, 0.05) is 100 Å². The van der Waals surface area contributed by atoms with Crippen molar-refractivity contribution in [1.82, 2.24) is 84.7 Å². The van der Waals surface area contributed by atoms with E-state index in [0.29, 0.717) is 43.4 Å². The van der Waals surface area contributed by atoms with Crippen LogP contribution in [0, 0.1) is 28.6 Å². The second kappa shape index (κ2) is 66.2. The van der Waals surface area contributed by atoms with Gasteiger partial charge in [-0.1, -0.05) is 103 Å². The number of aliphatic imine (C=N–C) groups is 2. The average Bonchev–Trinajstić information content (AvgIpc) is 1.61. The third-order valence-electron chi connectivity index (χ3n) is 22.6. The van der Waals surface area contributed by atoms with Gasteiger partial charge in [0.2, 0.25) is 88.6 Å². The number of hydrogen-bond donors (Lipinski definition) is 24. The summed E-state index contributed by atoms with van der Waals surface area (Å²) in [6.07, 6.45) is 5.35. The Hall–Kier alpha value is -13.5. The fourth-order valence-electron chi connectivity index (χ4n) is 14.8. The molecule has 0 fully saturated rings. The van der Waals surface area contributed by atoms with Crippen LogP contribution in [0.3, 0.4) is 0 Å². The molecule has 2 heterocycles. The summed E-state index contributed by atoms with van der Waals surface area (Å²) in [5.41, 5.74) is 35.4. The van der Waals surface area contributed by atoms with Crippen molar-refractivity contribution in [3.63, 3.8) is 0 Å². The van der Waals surface area contributed by atoms with Gasteiger partial charge in [-0.15, -0.1) is 0 Å². The molecule has 0 bridgehead atoms. The van der Waals surface area contributed by atoms with Gasteiger partial charge in [0.05, 0.1) is 19.0 Å². The summed E-state index contributed by atoms with van der Waals surface area (Å²) in [7, 11) is 0. The molecule has 14 unspecified atom stereocenters. The van der Waals surface area contributed by atoms with Crippen LogP contribution in [0.15, 0.2) is 70.8 Å². The molecule has 0 saturated carbocycles. The molecule has 0 spiro atoms. The zero-order valence-electron chi connectivity index (χ0n) is 82.3. The van der Waals surface area contributed by atoms with Crippen LogP contribution in [-0.2, 0) is 113 Å². The van der Waals surface area contributed by atoms with Crippen LogP contribution in [-0.4, -0.2) is 265 Å². The maximum Gasteiger partial charge on any atom is 0.336 e. The van der Waals surface area contributed by atoms with Crippen molar-refractivity contribution < 1.29 is 101 Å². The molecule has 2 aromatic carbocycles. The van der Waals surface area contributed by atoms with E-state index in [2.05, 4.69) is 94.7 Å². The number of rotatable bonds is 70. The van der Waals surface area contributed by atoms with Gasteiger partial charge in [-0.05, 0) is 163 Å². The van der Waals surface area contributed by atoms with Gasteiger partial charge in [-0.25, -0.2) is 14.6 Å². The highest BCUT2D eigenvalue weighted by atomic mass is 32.2. The highest BCUT2D eigenvalue weighted by Gasteiger charge is 2.39. The average molecular weight is 2010 g/mol. The van der Waals surface area contributed by atoms with Crippen molar-refractivity contribution in [1.29, 1.82) is 10.8 Å². The first-order valence-electron chi connectivity index (χ1n) is 48.1. The Bertz CT molecular complexity index is 4760. The number of carbonyl (C=O) groups excluding carboxylic acids is 19. The molecule has 142 heavy (non-hydrogen) atoms. The number of unbranched alkanes of at least 4 members (excludes halogenated alkanes) is 2. The van der Waals surface area contributed by atoms with Crippen molar-refractivity contribution >= 4 is 160 Å². The Morgan fingerprint density at radius 3 is 1.42 bits per heavy atom. The van der Waals surface area contributed by atoms with Gasteiger partial charge >= 0.3 is 23.9 Å². The molecule has 1 aliphatic rings. The Morgan fingerprint density at radius 2 is 0.880 bits per heavy atom. The number of benzene rings is 2. The third kappa shape index (κ3) is 49.0. The van der Waals surface area contributed by atoms with E-state index in [1.54, 1.807) is 62.7 Å². The number of fused-ring (bicyclic) bond motifs is 1. The number of aromatic amines is 1. The van der Waals surface area contributed by atoms with Crippen molar-refractivity contribution in [2.75, 3.05) is 44.7 Å². The fraction of sp³-hybridized carbons (Fsp3) is 0.606. The number of nitrogens with zero attached hydrogens (tertiary/aromatic N) is 2. The molecule has 0 aliphatic carbocycles. The number of aromatic nitrogens is 1. The number of amides is 15. The third-order valence-corrected chi connectivity index (χ3v) is 23.2. The maximum absolute atomic E-state index is 14.6. The van der Waals surface area contributed by atoms with Crippen LogP contribution < -0.4 is 114 Å². The van der Waals surface area contributed by atoms with E-state index in [4.69, 9.17) is 54.7 Å². The number of nitrogens with two attached hydrogens (primary N) is 6. The summed E-state index contributed by atoms with van der Waals surface area (Å²) in [5.74, 6) is -18.1. The molecule has 1 aliphatic heterocycles. The molecular weight excluding hydrogens is 1860 g/mol. The minimum atomic E-state index is -1.83. The second-order valence-electron chi connectivity index (χ2n) is 35.9. The largest absolute Gasteiger partial charge is 0.392 e. The summed E-state index contributed by atoms with van der Waals surface area (Å²) in [4.78, 5) is 273. The van der Waals surface area contributed by atoms with Crippen LogP contribution in [0.5, 0.6) is 0 Å². The van der Waals surface area contributed by atoms with E-state index in [1.807, 2.05) is 52.8 Å². The maximum atomic E-state index is 14.6. The first kappa shape index (κ1) is 121. The normalized spacial score (nSPS) is 14.7. The van der Waals surface area contributed by atoms with Crippen molar-refractivity contribution in [3.05, 3.63) is 71.9 Å².